The minimum absolute atomic E-state index is 0.0927. The summed E-state index contributed by atoms with van der Waals surface area (Å²) in [4.78, 5) is 33.6. The van der Waals surface area contributed by atoms with Gasteiger partial charge < -0.3 is 20.6 Å². The molecule has 1 aliphatic heterocycles. The molecule has 0 spiro atoms. The summed E-state index contributed by atoms with van der Waals surface area (Å²) in [5, 5.41) is 30.3. The van der Waals surface area contributed by atoms with Gasteiger partial charge in [0.25, 0.3) is 0 Å². The van der Waals surface area contributed by atoms with Crippen LogP contribution >= 0.6 is 0 Å². The lowest BCUT2D eigenvalue weighted by molar-refractivity contribution is -0.142. The van der Waals surface area contributed by atoms with Gasteiger partial charge in [0, 0.05) is 12.5 Å². The highest BCUT2D eigenvalue weighted by molar-refractivity contribution is 5.91. The van der Waals surface area contributed by atoms with E-state index in [4.69, 9.17) is 5.11 Å². The molecule has 1 rings (SSSR count). The molecule has 0 radical (unpaired) electrons. The lowest BCUT2D eigenvalue weighted by atomic mass is 9.81. The molecule has 0 aromatic rings. The molecule has 22 heavy (non-hydrogen) atoms. The number of rotatable bonds is 7. The summed E-state index contributed by atoms with van der Waals surface area (Å²) < 4.78 is 0. The zero-order valence-electron chi connectivity index (χ0n) is 12.6. The third kappa shape index (κ3) is 4.17. The summed E-state index contributed by atoms with van der Waals surface area (Å²) in [6, 6.07) is -0.985. The summed E-state index contributed by atoms with van der Waals surface area (Å²) in [7, 11) is 0. The Bertz CT molecular complexity index is 522. The minimum Gasteiger partial charge on any atom is -0.481 e. The van der Waals surface area contributed by atoms with Crippen LogP contribution in [0.4, 0.5) is 0 Å². The van der Waals surface area contributed by atoms with E-state index in [0.717, 1.165) is 0 Å². The highest BCUT2D eigenvalue weighted by Crippen LogP contribution is 2.33. The quantitative estimate of drug-likeness (QED) is 0.410. The molecule has 0 aliphatic carbocycles. The van der Waals surface area contributed by atoms with E-state index in [1.165, 1.54) is 6.08 Å². The van der Waals surface area contributed by atoms with Crippen LogP contribution in [0.5, 0.6) is 0 Å². The van der Waals surface area contributed by atoms with E-state index in [2.05, 4.69) is 5.32 Å². The molecule has 3 atom stereocenters. The van der Waals surface area contributed by atoms with Crippen molar-refractivity contribution >= 4 is 17.9 Å². The van der Waals surface area contributed by atoms with Gasteiger partial charge in [0.1, 0.15) is 6.04 Å². The van der Waals surface area contributed by atoms with Crippen LogP contribution in [-0.2, 0) is 14.4 Å². The minimum atomic E-state index is -1.12. The number of aliphatic carboxylic acids is 3. The van der Waals surface area contributed by atoms with Crippen molar-refractivity contribution in [2.45, 2.75) is 32.7 Å². The number of hydrogen-bond acceptors (Lipinski definition) is 4. The Kier molecular flexibility index (Phi) is 6.30. The Balaban J connectivity index is 3.19. The molecule has 0 bridgehead atoms. The summed E-state index contributed by atoms with van der Waals surface area (Å²) >= 11 is 0. The molecule has 7 heteroatoms. The molecule has 1 heterocycles. The summed E-state index contributed by atoms with van der Waals surface area (Å²) in [5.41, 5.74) is 0.592. The number of hydrogen-bond donors (Lipinski definition) is 4. The lowest BCUT2D eigenvalue weighted by Crippen LogP contribution is -2.37. The van der Waals surface area contributed by atoms with E-state index >= 15 is 0 Å². The first kappa shape index (κ1) is 17.9. The second-order valence-corrected chi connectivity index (χ2v) is 5.30. The van der Waals surface area contributed by atoms with Gasteiger partial charge in [0.05, 0.1) is 12.0 Å². The van der Waals surface area contributed by atoms with Crippen molar-refractivity contribution in [2.24, 2.45) is 11.8 Å². The first-order chi connectivity index (χ1) is 10.3. The van der Waals surface area contributed by atoms with Gasteiger partial charge >= 0.3 is 17.9 Å². The monoisotopic (exact) mass is 311 g/mol. The fourth-order valence-corrected chi connectivity index (χ4v) is 2.80. The zero-order chi connectivity index (χ0) is 16.9. The van der Waals surface area contributed by atoms with E-state index < -0.39 is 35.8 Å². The molecular weight excluding hydrogens is 290 g/mol. The highest BCUT2D eigenvalue weighted by atomic mass is 16.4. The highest BCUT2D eigenvalue weighted by Gasteiger charge is 2.42. The van der Waals surface area contributed by atoms with E-state index in [9.17, 15) is 24.6 Å². The Morgan fingerprint density at radius 2 is 1.86 bits per heavy atom. The molecule has 0 aromatic carbocycles. The molecule has 0 saturated carbocycles. The number of allylic oxidation sites excluding steroid dienone is 1. The van der Waals surface area contributed by atoms with Crippen LogP contribution in [-0.4, -0.2) is 45.8 Å². The molecule has 1 fully saturated rings. The van der Waals surface area contributed by atoms with Crippen LogP contribution in [0.1, 0.15) is 26.7 Å². The maximum absolute atomic E-state index is 11.4. The molecule has 0 aromatic heterocycles. The van der Waals surface area contributed by atoms with Crippen molar-refractivity contribution in [3.8, 4) is 0 Å². The van der Waals surface area contributed by atoms with E-state index in [1.54, 1.807) is 13.0 Å². The van der Waals surface area contributed by atoms with Crippen molar-refractivity contribution in [2.75, 3.05) is 6.54 Å². The van der Waals surface area contributed by atoms with Gasteiger partial charge in [-0.05, 0) is 19.3 Å². The van der Waals surface area contributed by atoms with Gasteiger partial charge in [0.2, 0.25) is 0 Å². The first-order valence-corrected chi connectivity index (χ1v) is 7.08. The van der Waals surface area contributed by atoms with Crippen molar-refractivity contribution < 1.29 is 29.7 Å². The largest absolute Gasteiger partial charge is 0.481 e. The van der Waals surface area contributed by atoms with Crippen LogP contribution in [0, 0.1) is 11.8 Å². The standard InChI is InChI=1S/C15H21NO6/c1-3-4-5-9(14(19)20)8(2)11-7-16-13(15(21)22)10(11)6-12(17)18/h4-5,10-11,13,16H,3,6-7H2,1-2H3,(H,17,18)(H,19,20)(H,21,22). The van der Waals surface area contributed by atoms with Gasteiger partial charge in [-0.15, -0.1) is 0 Å². The molecule has 1 saturated heterocycles. The van der Waals surface area contributed by atoms with E-state index in [1.807, 2.05) is 6.92 Å². The summed E-state index contributed by atoms with van der Waals surface area (Å²) in [6.07, 6.45) is 3.54. The summed E-state index contributed by atoms with van der Waals surface area (Å²) in [5.74, 6) is -4.44. The lowest BCUT2D eigenvalue weighted by Gasteiger charge is -2.21. The SMILES string of the molecule is CCC=CC(C(=O)O)=C(C)C1CNC(C(=O)O)C1CC(=O)O. The maximum Gasteiger partial charge on any atom is 0.335 e. The van der Waals surface area contributed by atoms with Gasteiger partial charge in [-0.1, -0.05) is 24.6 Å². The number of carbonyl (C=O) groups is 3. The topological polar surface area (TPSA) is 124 Å². The normalized spacial score (nSPS) is 26.0. The molecular formula is C15H21NO6. The first-order valence-electron chi connectivity index (χ1n) is 7.08. The fourth-order valence-electron chi connectivity index (χ4n) is 2.80. The van der Waals surface area contributed by atoms with Crippen molar-refractivity contribution in [3.63, 3.8) is 0 Å². The number of carboxylic acid groups (broad SMARTS) is 3. The smallest absolute Gasteiger partial charge is 0.335 e. The molecule has 1 aliphatic rings. The fraction of sp³-hybridized carbons (Fsp3) is 0.533. The number of nitrogens with one attached hydrogen (secondary N) is 1. The van der Waals surface area contributed by atoms with Crippen LogP contribution in [0.15, 0.2) is 23.3 Å². The van der Waals surface area contributed by atoms with Gasteiger partial charge in [-0.3, -0.25) is 9.59 Å². The van der Waals surface area contributed by atoms with Crippen LogP contribution < -0.4 is 5.32 Å². The molecule has 3 unspecified atom stereocenters. The third-order valence-electron chi connectivity index (χ3n) is 3.91. The molecule has 4 N–H and O–H groups in total. The van der Waals surface area contributed by atoms with Crippen LogP contribution in [0.25, 0.3) is 0 Å². The maximum atomic E-state index is 11.4. The van der Waals surface area contributed by atoms with Gasteiger partial charge in [-0.2, -0.15) is 0 Å². The van der Waals surface area contributed by atoms with Crippen LogP contribution in [0.3, 0.4) is 0 Å². The Morgan fingerprint density at radius 3 is 2.32 bits per heavy atom. The molecule has 7 nitrogen and oxygen atoms in total. The average molecular weight is 311 g/mol. The summed E-state index contributed by atoms with van der Waals surface area (Å²) in [6.45, 7) is 3.74. The average Bonchev–Trinajstić information content (AvgIpc) is 2.81. The zero-order valence-corrected chi connectivity index (χ0v) is 12.6. The Labute approximate surface area is 128 Å². The van der Waals surface area contributed by atoms with Crippen molar-refractivity contribution in [1.29, 1.82) is 0 Å². The Morgan fingerprint density at radius 1 is 1.23 bits per heavy atom. The Hall–Kier alpha value is -2.15. The molecule has 122 valence electrons. The molecule has 0 amide bonds. The second kappa shape index (κ2) is 7.74. The van der Waals surface area contributed by atoms with Crippen molar-refractivity contribution in [1.82, 2.24) is 5.32 Å². The van der Waals surface area contributed by atoms with Gasteiger partial charge in [-0.25, -0.2) is 4.79 Å². The number of carboxylic acids is 3. The van der Waals surface area contributed by atoms with E-state index in [-0.39, 0.29) is 18.5 Å². The van der Waals surface area contributed by atoms with Gasteiger partial charge in [0.15, 0.2) is 0 Å². The van der Waals surface area contributed by atoms with E-state index in [0.29, 0.717) is 12.0 Å². The predicted molar refractivity (Wildman–Crippen MR) is 78.4 cm³/mol. The third-order valence-corrected chi connectivity index (χ3v) is 3.91. The second-order valence-electron chi connectivity index (χ2n) is 5.30. The predicted octanol–water partition coefficient (Wildman–Crippen LogP) is 1.12. The van der Waals surface area contributed by atoms with Crippen LogP contribution in [0.2, 0.25) is 0 Å². The van der Waals surface area contributed by atoms with Crippen molar-refractivity contribution in [3.05, 3.63) is 23.3 Å².